The van der Waals surface area contributed by atoms with Crippen molar-refractivity contribution in [1.82, 2.24) is 5.32 Å². The van der Waals surface area contributed by atoms with Crippen LogP contribution in [0.15, 0.2) is 0 Å². The highest BCUT2D eigenvalue weighted by Crippen LogP contribution is 2.42. The van der Waals surface area contributed by atoms with E-state index in [4.69, 9.17) is 9.84 Å². The second-order valence-electron chi connectivity index (χ2n) is 4.67. The third-order valence-corrected chi connectivity index (χ3v) is 3.53. The van der Waals surface area contributed by atoms with Crippen molar-refractivity contribution in [2.45, 2.75) is 50.2 Å². The maximum absolute atomic E-state index is 10.4. The van der Waals surface area contributed by atoms with Crippen LogP contribution in [-0.2, 0) is 9.53 Å². The topological polar surface area (TPSA) is 58.6 Å². The van der Waals surface area contributed by atoms with Crippen LogP contribution in [0.5, 0.6) is 0 Å². The van der Waals surface area contributed by atoms with Gasteiger partial charge in [0.15, 0.2) is 0 Å². The minimum Gasteiger partial charge on any atom is -0.481 e. The standard InChI is InChI=1S/C11H19NO3/c13-10(14)2-6-12-9-3-7-15-11(8-9)4-1-5-11/h9,12H,1-8H2,(H,13,14). The Bertz CT molecular complexity index is 238. The second kappa shape index (κ2) is 4.49. The molecule has 1 unspecified atom stereocenters. The number of carbonyl (C=O) groups is 1. The molecule has 0 aromatic rings. The van der Waals surface area contributed by atoms with Gasteiger partial charge in [-0.3, -0.25) is 4.79 Å². The number of ether oxygens (including phenoxy) is 1. The first-order valence-corrected chi connectivity index (χ1v) is 5.79. The molecule has 0 aromatic heterocycles. The van der Waals surface area contributed by atoms with Crippen molar-refractivity contribution in [1.29, 1.82) is 0 Å². The Kier molecular flexibility index (Phi) is 3.26. The summed E-state index contributed by atoms with van der Waals surface area (Å²) >= 11 is 0. The van der Waals surface area contributed by atoms with Crippen molar-refractivity contribution in [3.63, 3.8) is 0 Å². The van der Waals surface area contributed by atoms with Crippen LogP contribution in [0.3, 0.4) is 0 Å². The molecule has 1 aliphatic heterocycles. The Hall–Kier alpha value is -0.610. The summed E-state index contributed by atoms with van der Waals surface area (Å²) in [5.74, 6) is -0.729. The van der Waals surface area contributed by atoms with Gasteiger partial charge in [-0.1, -0.05) is 0 Å². The molecule has 0 bridgehead atoms. The van der Waals surface area contributed by atoms with Gasteiger partial charge in [-0.2, -0.15) is 0 Å². The van der Waals surface area contributed by atoms with Gasteiger partial charge in [-0.05, 0) is 32.1 Å². The highest BCUT2D eigenvalue weighted by Gasteiger charge is 2.42. The minimum atomic E-state index is -0.729. The molecule has 15 heavy (non-hydrogen) atoms. The van der Waals surface area contributed by atoms with Gasteiger partial charge in [-0.15, -0.1) is 0 Å². The Morgan fingerprint density at radius 2 is 2.33 bits per heavy atom. The molecule has 0 amide bonds. The number of carboxylic acids is 1. The van der Waals surface area contributed by atoms with Gasteiger partial charge in [0.2, 0.25) is 0 Å². The van der Waals surface area contributed by atoms with E-state index in [1.54, 1.807) is 0 Å². The fourth-order valence-corrected chi connectivity index (χ4v) is 2.50. The molecule has 1 aliphatic carbocycles. The average Bonchev–Trinajstić information content (AvgIpc) is 2.15. The maximum Gasteiger partial charge on any atom is 0.304 e. The van der Waals surface area contributed by atoms with Crippen LogP contribution in [0.1, 0.15) is 38.5 Å². The predicted molar refractivity (Wildman–Crippen MR) is 55.8 cm³/mol. The summed E-state index contributed by atoms with van der Waals surface area (Å²) < 4.78 is 5.80. The van der Waals surface area contributed by atoms with E-state index in [9.17, 15) is 4.79 Å². The molecule has 1 saturated carbocycles. The van der Waals surface area contributed by atoms with Crippen LogP contribution in [0, 0.1) is 0 Å². The lowest BCUT2D eigenvalue weighted by molar-refractivity contribution is -0.138. The molecular weight excluding hydrogens is 194 g/mol. The Balaban J connectivity index is 1.71. The molecule has 4 nitrogen and oxygen atoms in total. The molecule has 86 valence electrons. The van der Waals surface area contributed by atoms with Crippen molar-refractivity contribution in [3.05, 3.63) is 0 Å². The average molecular weight is 213 g/mol. The first kappa shape index (κ1) is 10.9. The number of rotatable bonds is 4. The third kappa shape index (κ3) is 2.69. The SMILES string of the molecule is O=C(O)CCNC1CCOC2(CCC2)C1. The molecule has 1 heterocycles. The van der Waals surface area contributed by atoms with Crippen molar-refractivity contribution >= 4 is 5.97 Å². The van der Waals surface area contributed by atoms with Crippen LogP contribution in [0.4, 0.5) is 0 Å². The first-order chi connectivity index (χ1) is 7.20. The monoisotopic (exact) mass is 213 g/mol. The molecular formula is C11H19NO3. The van der Waals surface area contributed by atoms with Gasteiger partial charge >= 0.3 is 5.97 Å². The van der Waals surface area contributed by atoms with Crippen LogP contribution >= 0.6 is 0 Å². The quantitative estimate of drug-likeness (QED) is 0.735. The van der Waals surface area contributed by atoms with E-state index in [-0.39, 0.29) is 12.0 Å². The van der Waals surface area contributed by atoms with Crippen LogP contribution in [-0.4, -0.2) is 35.9 Å². The first-order valence-electron chi connectivity index (χ1n) is 5.79. The van der Waals surface area contributed by atoms with Gasteiger partial charge in [-0.25, -0.2) is 0 Å². The molecule has 0 radical (unpaired) electrons. The molecule has 2 aliphatic rings. The van der Waals surface area contributed by atoms with Gasteiger partial charge < -0.3 is 15.2 Å². The zero-order valence-corrected chi connectivity index (χ0v) is 9.00. The zero-order chi connectivity index (χ0) is 10.7. The molecule has 1 spiro atoms. The van der Waals surface area contributed by atoms with Gasteiger partial charge in [0, 0.05) is 19.2 Å². The minimum absolute atomic E-state index is 0.152. The molecule has 4 heteroatoms. The van der Waals surface area contributed by atoms with E-state index in [1.165, 1.54) is 19.3 Å². The summed E-state index contributed by atoms with van der Waals surface area (Å²) in [6.07, 6.45) is 5.94. The summed E-state index contributed by atoms with van der Waals surface area (Å²) in [6.45, 7) is 1.40. The van der Waals surface area contributed by atoms with Gasteiger partial charge in [0.1, 0.15) is 0 Å². The van der Waals surface area contributed by atoms with Crippen molar-refractivity contribution in [3.8, 4) is 0 Å². The Morgan fingerprint density at radius 1 is 1.53 bits per heavy atom. The number of aliphatic carboxylic acids is 1. The number of carboxylic acid groups (broad SMARTS) is 1. The van der Waals surface area contributed by atoms with E-state index >= 15 is 0 Å². The van der Waals surface area contributed by atoms with E-state index in [2.05, 4.69) is 5.32 Å². The zero-order valence-electron chi connectivity index (χ0n) is 9.00. The largest absolute Gasteiger partial charge is 0.481 e. The van der Waals surface area contributed by atoms with E-state index < -0.39 is 5.97 Å². The van der Waals surface area contributed by atoms with E-state index in [0.717, 1.165) is 19.4 Å². The summed E-state index contributed by atoms with van der Waals surface area (Å²) in [5, 5.41) is 11.9. The smallest absolute Gasteiger partial charge is 0.304 e. The molecule has 1 atom stereocenters. The lowest BCUT2D eigenvalue weighted by Gasteiger charge is -2.47. The highest BCUT2D eigenvalue weighted by atomic mass is 16.5. The van der Waals surface area contributed by atoms with Crippen LogP contribution in [0.2, 0.25) is 0 Å². The summed E-state index contributed by atoms with van der Waals surface area (Å²) in [7, 11) is 0. The van der Waals surface area contributed by atoms with Crippen LogP contribution in [0.25, 0.3) is 0 Å². The second-order valence-corrected chi connectivity index (χ2v) is 4.67. The van der Waals surface area contributed by atoms with E-state index in [1.807, 2.05) is 0 Å². The molecule has 2 fully saturated rings. The fraction of sp³-hybridized carbons (Fsp3) is 0.909. The Labute approximate surface area is 90.0 Å². The third-order valence-electron chi connectivity index (χ3n) is 3.53. The fourth-order valence-electron chi connectivity index (χ4n) is 2.50. The lowest BCUT2D eigenvalue weighted by atomic mass is 9.74. The van der Waals surface area contributed by atoms with Crippen molar-refractivity contribution in [2.24, 2.45) is 0 Å². The summed E-state index contributed by atoms with van der Waals surface area (Å²) in [6, 6.07) is 0.457. The Morgan fingerprint density at radius 3 is 2.93 bits per heavy atom. The summed E-state index contributed by atoms with van der Waals surface area (Å²) in [5.41, 5.74) is 0.152. The number of hydrogen-bond donors (Lipinski definition) is 2. The normalized spacial score (nSPS) is 28.7. The lowest BCUT2D eigenvalue weighted by Crippen LogP contribution is -2.51. The summed E-state index contributed by atoms with van der Waals surface area (Å²) in [4.78, 5) is 10.4. The number of nitrogens with one attached hydrogen (secondary N) is 1. The van der Waals surface area contributed by atoms with Gasteiger partial charge in [0.25, 0.3) is 0 Å². The predicted octanol–water partition coefficient (Wildman–Crippen LogP) is 1.15. The van der Waals surface area contributed by atoms with Crippen molar-refractivity contribution in [2.75, 3.05) is 13.2 Å². The van der Waals surface area contributed by atoms with Crippen molar-refractivity contribution < 1.29 is 14.6 Å². The van der Waals surface area contributed by atoms with E-state index in [0.29, 0.717) is 12.6 Å². The molecule has 0 aromatic carbocycles. The number of hydrogen-bond acceptors (Lipinski definition) is 3. The molecule has 2 N–H and O–H groups in total. The van der Waals surface area contributed by atoms with Crippen LogP contribution < -0.4 is 5.32 Å². The highest BCUT2D eigenvalue weighted by molar-refractivity contribution is 5.66. The molecule has 1 saturated heterocycles. The molecule has 2 rings (SSSR count). The maximum atomic E-state index is 10.4. The van der Waals surface area contributed by atoms with Gasteiger partial charge in [0.05, 0.1) is 12.0 Å².